The van der Waals surface area contributed by atoms with E-state index in [0.29, 0.717) is 6.54 Å². The second kappa shape index (κ2) is 11.7. The van der Waals surface area contributed by atoms with Crippen LogP contribution in [0.4, 0.5) is 0 Å². The molecule has 3 rings (SSSR count). The van der Waals surface area contributed by atoms with Crippen LogP contribution in [-0.4, -0.2) is 36.0 Å². The Balaban J connectivity index is 0.00000280. The van der Waals surface area contributed by atoms with E-state index in [-0.39, 0.29) is 24.0 Å². The molecular weight excluding hydrogens is 481 g/mol. The third kappa shape index (κ3) is 7.33. The van der Waals surface area contributed by atoms with Crippen molar-refractivity contribution < 1.29 is 0 Å². The largest absolute Gasteiger partial charge is 0.352 e. The average molecular weight is 513 g/mol. The highest BCUT2D eigenvalue weighted by Crippen LogP contribution is 2.18. The standard InChI is InChI=1S/C21H31N5S.HI/c1-16-8-10-26(11-9-16)15-19-6-4-18(5-7-19)13-24-21(22-3)25-14-20-23-12-17(2)27-20;/h4-7,12,16H,8-11,13-15H2,1-3H3,(H2,22,24,25);1H. The number of aliphatic imine (C=N–C) groups is 1. The first-order valence-corrected chi connectivity index (χ1v) is 10.6. The Labute approximate surface area is 190 Å². The molecular formula is C21H32IN5S. The van der Waals surface area contributed by atoms with E-state index in [4.69, 9.17) is 0 Å². The van der Waals surface area contributed by atoms with E-state index in [2.05, 4.69) is 63.6 Å². The van der Waals surface area contributed by atoms with Crippen LogP contribution in [0.1, 0.15) is 40.8 Å². The molecule has 0 amide bonds. The lowest BCUT2D eigenvalue weighted by Gasteiger charge is -2.30. The average Bonchev–Trinajstić information content (AvgIpc) is 3.10. The van der Waals surface area contributed by atoms with Gasteiger partial charge in [-0.3, -0.25) is 9.89 Å². The van der Waals surface area contributed by atoms with Gasteiger partial charge in [0.2, 0.25) is 0 Å². The van der Waals surface area contributed by atoms with Crippen LogP contribution in [0.25, 0.3) is 0 Å². The fourth-order valence-corrected chi connectivity index (χ4v) is 4.02. The lowest BCUT2D eigenvalue weighted by molar-refractivity contribution is 0.185. The molecule has 1 fully saturated rings. The number of nitrogens with one attached hydrogen (secondary N) is 2. The molecule has 0 radical (unpaired) electrons. The Kier molecular flexibility index (Phi) is 9.67. The number of rotatable bonds is 6. The zero-order valence-electron chi connectivity index (χ0n) is 17.1. The summed E-state index contributed by atoms with van der Waals surface area (Å²) in [4.78, 5) is 12.5. The molecule has 0 atom stereocenters. The van der Waals surface area contributed by atoms with Crippen molar-refractivity contribution in [2.24, 2.45) is 10.9 Å². The summed E-state index contributed by atoms with van der Waals surface area (Å²) in [5.41, 5.74) is 2.66. The molecule has 2 N–H and O–H groups in total. The van der Waals surface area contributed by atoms with E-state index < -0.39 is 0 Å². The van der Waals surface area contributed by atoms with Crippen molar-refractivity contribution in [1.29, 1.82) is 0 Å². The van der Waals surface area contributed by atoms with Crippen molar-refractivity contribution in [3.63, 3.8) is 0 Å². The zero-order valence-corrected chi connectivity index (χ0v) is 20.2. The summed E-state index contributed by atoms with van der Waals surface area (Å²) in [6, 6.07) is 8.94. The Morgan fingerprint density at radius 2 is 1.79 bits per heavy atom. The summed E-state index contributed by atoms with van der Waals surface area (Å²) >= 11 is 1.71. The minimum absolute atomic E-state index is 0. The van der Waals surface area contributed by atoms with E-state index in [0.717, 1.165) is 30.0 Å². The number of piperidine rings is 1. The smallest absolute Gasteiger partial charge is 0.191 e. The maximum atomic E-state index is 4.37. The van der Waals surface area contributed by atoms with Gasteiger partial charge in [-0.25, -0.2) is 4.98 Å². The van der Waals surface area contributed by atoms with Crippen molar-refractivity contribution in [2.45, 2.75) is 46.3 Å². The molecule has 1 aromatic heterocycles. The third-order valence-electron chi connectivity index (χ3n) is 5.07. The normalized spacial score (nSPS) is 15.9. The van der Waals surface area contributed by atoms with Gasteiger partial charge >= 0.3 is 0 Å². The van der Waals surface area contributed by atoms with Crippen molar-refractivity contribution in [3.8, 4) is 0 Å². The van der Waals surface area contributed by atoms with Gasteiger partial charge in [-0.2, -0.15) is 0 Å². The molecule has 1 saturated heterocycles. The van der Waals surface area contributed by atoms with E-state index in [1.54, 1.807) is 18.4 Å². The van der Waals surface area contributed by atoms with Crippen molar-refractivity contribution in [3.05, 3.63) is 51.5 Å². The first-order chi connectivity index (χ1) is 13.1. The van der Waals surface area contributed by atoms with Crippen LogP contribution in [0.2, 0.25) is 0 Å². The lowest BCUT2D eigenvalue weighted by Crippen LogP contribution is -2.36. The van der Waals surface area contributed by atoms with Gasteiger partial charge < -0.3 is 10.6 Å². The molecule has 0 unspecified atom stereocenters. The topological polar surface area (TPSA) is 52.6 Å². The second-order valence-electron chi connectivity index (χ2n) is 7.42. The predicted octanol–water partition coefficient (Wildman–Crippen LogP) is 4.17. The Morgan fingerprint density at radius 3 is 2.39 bits per heavy atom. The molecule has 28 heavy (non-hydrogen) atoms. The van der Waals surface area contributed by atoms with Crippen LogP contribution < -0.4 is 10.6 Å². The van der Waals surface area contributed by atoms with Crippen molar-refractivity contribution in [1.82, 2.24) is 20.5 Å². The van der Waals surface area contributed by atoms with Gasteiger partial charge in [0.1, 0.15) is 5.01 Å². The minimum Gasteiger partial charge on any atom is -0.352 e. The number of halogens is 1. The molecule has 1 aliphatic rings. The molecule has 0 aliphatic carbocycles. The van der Waals surface area contributed by atoms with Crippen molar-refractivity contribution >= 4 is 41.3 Å². The van der Waals surface area contributed by atoms with Crippen LogP contribution in [0.5, 0.6) is 0 Å². The Morgan fingerprint density at radius 1 is 1.14 bits per heavy atom. The molecule has 1 aromatic carbocycles. The number of hydrogen-bond donors (Lipinski definition) is 2. The quantitative estimate of drug-likeness (QED) is 0.346. The zero-order chi connectivity index (χ0) is 19.1. The van der Waals surface area contributed by atoms with Gasteiger partial charge in [-0.1, -0.05) is 31.2 Å². The number of benzene rings is 1. The van der Waals surface area contributed by atoms with Gasteiger partial charge in [0.15, 0.2) is 5.96 Å². The van der Waals surface area contributed by atoms with E-state index in [1.807, 2.05) is 6.20 Å². The summed E-state index contributed by atoms with van der Waals surface area (Å²) in [5, 5.41) is 7.77. The molecule has 0 bridgehead atoms. The van der Waals surface area contributed by atoms with Crippen LogP contribution in [0.15, 0.2) is 35.5 Å². The van der Waals surface area contributed by atoms with Gasteiger partial charge in [-0.05, 0) is 49.9 Å². The number of guanidine groups is 1. The lowest BCUT2D eigenvalue weighted by atomic mass is 9.99. The fourth-order valence-electron chi connectivity index (χ4n) is 3.29. The Hall–Kier alpha value is -1.19. The molecule has 2 heterocycles. The molecule has 2 aromatic rings. The SMILES string of the molecule is CN=C(NCc1ccc(CN2CCC(C)CC2)cc1)NCc1ncc(C)s1.I. The Bertz CT molecular complexity index is 736. The molecule has 154 valence electrons. The summed E-state index contributed by atoms with van der Waals surface area (Å²) in [7, 11) is 1.80. The molecule has 1 aliphatic heterocycles. The number of likely N-dealkylation sites (tertiary alicyclic amines) is 1. The van der Waals surface area contributed by atoms with Crippen LogP contribution in [0.3, 0.4) is 0 Å². The highest BCUT2D eigenvalue weighted by molar-refractivity contribution is 14.0. The van der Waals surface area contributed by atoms with Crippen LogP contribution in [-0.2, 0) is 19.6 Å². The number of thiazole rings is 1. The number of aromatic nitrogens is 1. The van der Waals surface area contributed by atoms with E-state index in [9.17, 15) is 0 Å². The first-order valence-electron chi connectivity index (χ1n) is 9.78. The maximum absolute atomic E-state index is 4.37. The summed E-state index contributed by atoms with van der Waals surface area (Å²) in [6.07, 6.45) is 4.56. The third-order valence-corrected chi connectivity index (χ3v) is 5.98. The van der Waals surface area contributed by atoms with E-state index >= 15 is 0 Å². The molecule has 7 heteroatoms. The highest BCUT2D eigenvalue weighted by Gasteiger charge is 2.15. The molecule has 5 nitrogen and oxygen atoms in total. The van der Waals surface area contributed by atoms with E-state index in [1.165, 1.54) is 41.9 Å². The number of hydrogen-bond acceptors (Lipinski definition) is 4. The molecule has 0 spiro atoms. The van der Waals surface area contributed by atoms with Crippen LogP contribution >= 0.6 is 35.3 Å². The first kappa shape index (κ1) is 23.1. The summed E-state index contributed by atoms with van der Waals surface area (Å²) in [6.45, 7) is 9.42. The number of nitrogens with zero attached hydrogens (tertiary/aromatic N) is 3. The van der Waals surface area contributed by atoms with Crippen LogP contribution in [0, 0.1) is 12.8 Å². The predicted molar refractivity (Wildman–Crippen MR) is 129 cm³/mol. The van der Waals surface area contributed by atoms with Gasteiger partial charge in [0.05, 0.1) is 6.54 Å². The summed E-state index contributed by atoms with van der Waals surface area (Å²) in [5.74, 6) is 1.69. The maximum Gasteiger partial charge on any atom is 0.191 e. The monoisotopic (exact) mass is 513 g/mol. The minimum atomic E-state index is 0. The number of aryl methyl sites for hydroxylation is 1. The van der Waals surface area contributed by atoms with Gasteiger partial charge in [-0.15, -0.1) is 35.3 Å². The van der Waals surface area contributed by atoms with Gasteiger partial charge in [0, 0.05) is 31.2 Å². The van der Waals surface area contributed by atoms with Crippen molar-refractivity contribution in [2.75, 3.05) is 20.1 Å². The fraction of sp³-hybridized carbons (Fsp3) is 0.524. The highest BCUT2D eigenvalue weighted by atomic mass is 127. The van der Waals surface area contributed by atoms with Gasteiger partial charge in [0.25, 0.3) is 0 Å². The molecule has 0 saturated carbocycles. The summed E-state index contributed by atoms with van der Waals surface area (Å²) < 4.78 is 0. The second-order valence-corrected chi connectivity index (χ2v) is 8.74.